The van der Waals surface area contributed by atoms with Gasteiger partial charge in [0.05, 0.1) is 26.7 Å². The number of aromatic nitrogens is 1. The van der Waals surface area contributed by atoms with E-state index in [0.717, 1.165) is 30.2 Å². The van der Waals surface area contributed by atoms with Gasteiger partial charge in [-0.3, -0.25) is 0 Å². The summed E-state index contributed by atoms with van der Waals surface area (Å²) in [4.78, 5) is 5.13. The van der Waals surface area contributed by atoms with Crippen LogP contribution in [0.15, 0.2) is 74.4 Å². The van der Waals surface area contributed by atoms with Crippen molar-refractivity contribution in [1.29, 1.82) is 5.26 Å². The lowest BCUT2D eigenvalue weighted by atomic mass is 10.2. The molecule has 0 amide bonds. The summed E-state index contributed by atoms with van der Waals surface area (Å²) >= 11 is 12.4. The predicted octanol–water partition coefficient (Wildman–Crippen LogP) is 7.96. The van der Waals surface area contributed by atoms with Gasteiger partial charge in [-0.1, -0.05) is 35.9 Å². The standard InChI is InChI=1S/C24H16BrClN2O2S2/c1-29-21-12-16(11-19(25)23(21)30-14-15-6-8-17(26)9-7-15)10-18(13-27)31-24-28-20-4-2-3-5-22(20)32-24/h2-12H,14H2,1H3/b18-10+. The normalized spacial score (nSPS) is 11.4. The summed E-state index contributed by atoms with van der Waals surface area (Å²) in [6.45, 7) is 0.373. The maximum absolute atomic E-state index is 9.66. The second-order valence-electron chi connectivity index (χ2n) is 6.62. The zero-order chi connectivity index (χ0) is 22.5. The number of nitriles is 1. The molecular weight excluding hydrogens is 528 g/mol. The lowest BCUT2D eigenvalue weighted by Gasteiger charge is -2.14. The number of fused-ring (bicyclic) bond motifs is 1. The fourth-order valence-corrected chi connectivity index (χ4v) is 5.60. The van der Waals surface area contributed by atoms with Crippen LogP contribution in [0.4, 0.5) is 0 Å². The monoisotopic (exact) mass is 542 g/mol. The first-order valence-corrected chi connectivity index (χ1v) is 12.3. The van der Waals surface area contributed by atoms with Crippen molar-refractivity contribution in [2.45, 2.75) is 10.9 Å². The number of allylic oxidation sites excluding steroid dienone is 1. The van der Waals surface area contributed by atoms with Gasteiger partial charge in [-0.15, -0.1) is 11.3 Å². The Balaban J connectivity index is 1.55. The number of thioether (sulfide) groups is 1. The number of thiazole rings is 1. The summed E-state index contributed by atoms with van der Waals surface area (Å²) in [5, 5.41) is 10.3. The van der Waals surface area contributed by atoms with E-state index in [1.54, 1.807) is 18.4 Å². The minimum Gasteiger partial charge on any atom is -0.493 e. The van der Waals surface area contributed by atoms with Crippen molar-refractivity contribution < 1.29 is 9.47 Å². The highest BCUT2D eigenvalue weighted by Crippen LogP contribution is 2.39. The molecule has 0 spiro atoms. The van der Waals surface area contributed by atoms with Crippen LogP contribution in [-0.2, 0) is 6.61 Å². The molecule has 0 bridgehead atoms. The SMILES string of the molecule is COc1cc(/C=C(\C#N)Sc2nc3ccccc3s2)cc(Br)c1OCc1ccc(Cl)cc1. The van der Waals surface area contributed by atoms with Crippen LogP contribution in [0.3, 0.4) is 0 Å². The quantitative estimate of drug-likeness (QED) is 0.175. The maximum atomic E-state index is 9.66. The van der Waals surface area contributed by atoms with Gasteiger partial charge in [-0.05, 0) is 81.3 Å². The van der Waals surface area contributed by atoms with Crippen molar-refractivity contribution in [2.24, 2.45) is 0 Å². The van der Waals surface area contributed by atoms with Crippen LogP contribution < -0.4 is 9.47 Å². The minimum atomic E-state index is 0.373. The third kappa shape index (κ3) is 5.45. The molecule has 1 aromatic heterocycles. The number of halogens is 2. The van der Waals surface area contributed by atoms with Crippen molar-refractivity contribution >= 4 is 66.9 Å². The number of ether oxygens (including phenoxy) is 2. The van der Waals surface area contributed by atoms with E-state index in [4.69, 9.17) is 21.1 Å². The Bertz CT molecular complexity index is 1300. The molecule has 4 aromatic rings. The van der Waals surface area contributed by atoms with E-state index in [1.807, 2.05) is 66.7 Å². The molecular formula is C24H16BrClN2O2S2. The van der Waals surface area contributed by atoms with Gasteiger partial charge in [0.1, 0.15) is 12.7 Å². The average molecular weight is 544 g/mol. The van der Waals surface area contributed by atoms with Crippen LogP contribution >= 0.6 is 50.6 Å². The molecule has 0 N–H and O–H groups in total. The van der Waals surface area contributed by atoms with Gasteiger partial charge in [0.2, 0.25) is 0 Å². The molecule has 0 atom stereocenters. The molecule has 0 aliphatic carbocycles. The highest BCUT2D eigenvalue weighted by Gasteiger charge is 2.13. The molecule has 4 nitrogen and oxygen atoms in total. The molecule has 4 rings (SSSR count). The number of nitrogens with zero attached hydrogens (tertiary/aromatic N) is 2. The summed E-state index contributed by atoms with van der Waals surface area (Å²) in [6.07, 6.45) is 1.81. The van der Waals surface area contributed by atoms with Gasteiger partial charge < -0.3 is 9.47 Å². The summed E-state index contributed by atoms with van der Waals surface area (Å²) in [6, 6.07) is 21.4. The van der Waals surface area contributed by atoms with E-state index in [0.29, 0.717) is 28.0 Å². The first-order valence-electron chi connectivity index (χ1n) is 9.45. The van der Waals surface area contributed by atoms with Crippen molar-refractivity contribution in [3.8, 4) is 17.6 Å². The Labute approximate surface area is 207 Å². The highest BCUT2D eigenvalue weighted by molar-refractivity contribution is 9.10. The average Bonchev–Trinajstić information content (AvgIpc) is 3.21. The van der Waals surface area contributed by atoms with E-state index >= 15 is 0 Å². The van der Waals surface area contributed by atoms with E-state index in [2.05, 4.69) is 27.0 Å². The largest absolute Gasteiger partial charge is 0.493 e. The molecule has 0 aliphatic rings. The fourth-order valence-electron chi connectivity index (χ4n) is 2.92. The Kier molecular flexibility index (Phi) is 7.38. The lowest BCUT2D eigenvalue weighted by Crippen LogP contribution is -1.99. The molecule has 3 aromatic carbocycles. The number of methoxy groups -OCH3 is 1. The first kappa shape index (κ1) is 22.7. The zero-order valence-corrected chi connectivity index (χ0v) is 20.8. The van der Waals surface area contributed by atoms with Crippen molar-refractivity contribution in [1.82, 2.24) is 4.98 Å². The Hall–Kier alpha value is -2.50. The zero-order valence-electron chi connectivity index (χ0n) is 16.8. The van der Waals surface area contributed by atoms with Gasteiger partial charge in [0.15, 0.2) is 15.8 Å². The van der Waals surface area contributed by atoms with Crippen LogP contribution in [0.25, 0.3) is 16.3 Å². The number of hydrogen-bond acceptors (Lipinski definition) is 6. The van der Waals surface area contributed by atoms with Crippen LogP contribution in [0.5, 0.6) is 11.5 Å². The van der Waals surface area contributed by atoms with Gasteiger partial charge in [-0.2, -0.15) is 5.26 Å². The molecule has 32 heavy (non-hydrogen) atoms. The molecule has 1 heterocycles. The molecule has 0 fully saturated rings. The molecule has 0 saturated heterocycles. The summed E-state index contributed by atoms with van der Waals surface area (Å²) in [5.74, 6) is 1.17. The molecule has 0 unspecified atom stereocenters. The minimum absolute atomic E-state index is 0.373. The van der Waals surface area contributed by atoms with Gasteiger partial charge in [0, 0.05) is 5.02 Å². The number of hydrogen-bond donors (Lipinski definition) is 0. The van der Waals surface area contributed by atoms with Crippen molar-refractivity contribution in [3.05, 3.63) is 86.2 Å². The number of rotatable bonds is 7. The van der Waals surface area contributed by atoms with Crippen LogP contribution in [-0.4, -0.2) is 12.1 Å². The Morgan fingerprint density at radius 3 is 2.72 bits per heavy atom. The topological polar surface area (TPSA) is 55.1 Å². The summed E-state index contributed by atoms with van der Waals surface area (Å²) in [5.41, 5.74) is 2.74. The maximum Gasteiger partial charge on any atom is 0.175 e. The first-order chi connectivity index (χ1) is 15.6. The molecule has 8 heteroatoms. The molecule has 160 valence electrons. The smallest absolute Gasteiger partial charge is 0.175 e. The third-order valence-electron chi connectivity index (χ3n) is 4.43. The second-order valence-corrected chi connectivity index (χ2v) is 10.2. The molecule has 0 radical (unpaired) electrons. The van der Waals surface area contributed by atoms with Crippen LogP contribution in [0.2, 0.25) is 5.02 Å². The predicted molar refractivity (Wildman–Crippen MR) is 136 cm³/mol. The number of benzene rings is 3. The highest BCUT2D eigenvalue weighted by atomic mass is 79.9. The van der Waals surface area contributed by atoms with E-state index < -0.39 is 0 Å². The van der Waals surface area contributed by atoms with E-state index in [1.165, 1.54) is 11.8 Å². The molecule has 0 aliphatic heterocycles. The Morgan fingerprint density at radius 1 is 1.22 bits per heavy atom. The second kappa shape index (κ2) is 10.4. The van der Waals surface area contributed by atoms with Gasteiger partial charge in [0.25, 0.3) is 0 Å². The molecule has 0 saturated carbocycles. The summed E-state index contributed by atoms with van der Waals surface area (Å²) < 4.78 is 14.2. The fraction of sp³-hybridized carbons (Fsp3) is 0.0833. The van der Waals surface area contributed by atoms with Crippen LogP contribution in [0.1, 0.15) is 11.1 Å². The van der Waals surface area contributed by atoms with E-state index in [9.17, 15) is 5.26 Å². The van der Waals surface area contributed by atoms with Gasteiger partial charge in [-0.25, -0.2) is 4.98 Å². The summed E-state index contributed by atoms with van der Waals surface area (Å²) in [7, 11) is 1.59. The van der Waals surface area contributed by atoms with E-state index in [-0.39, 0.29) is 0 Å². The Morgan fingerprint density at radius 2 is 2.00 bits per heavy atom. The van der Waals surface area contributed by atoms with Crippen LogP contribution in [0, 0.1) is 11.3 Å². The third-order valence-corrected chi connectivity index (χ3v) is 7.29. The van der Waals surface area contributed by atoms with Crippen molar-refractivity contribution in [3.63, 3.8) is 0 Å². The number of para-hydroxylation sites is 1. The van der Waals surface area contributed by atoms with Crippen molar-refractivity contribution in [2.75, 3.05) is 7.11 Å². The van der Waals surface area contributed by atoms with Gasteiger partial charge >= 0.3 is 0 Å². The lowest BCUT2D eigenvalue weighted by molar-refractivity contribution is 0.282.